The largest absolute Gasteiger partial charge is 0.419 e. The fourth-order valence-corrected chi connectivity index (χ4v) is 2.43. The van der Waals surface area contributed by atoms with Crippen LogP contribution in [0.1, 0.15) is 18.9 Å². The lowest BCUT2D eigenvalue weighted by atomic mass is 10.1. The van der Waals surface area contributed by atoms with Crippen LogP contribution in [0.15, 0.2) is 24.5 Å². The number of aromatic nitrogens is 3. The standard InChI is InChI=1S/C11H8F6N4.C5H11N/c12-10(13,14)5-21-2-1-8(20-21)6-3-7(11(15,16)17)9(18)19-4-6;1-5-2-3-6-4-5/h1-4H,5H2,(H2,18,19);5-6H,2-4H2,1H3. The highest BCUT2D eigenvalue weighted by Gasteiger charge is 2.34. The Bertz CT molecular complexity index is 746. The Hall–Kier alpha value is -2.30. The second kappa shape index (κ2) is 8.15. The molecule has 0 aliphatic carbocycles. The first-order valence-electron chi connectivity index (χ1n) is 8.09. The summed E-state index contributed by atoms with van der Waals surface area (Å²) in [4.78, 5) is 3.39. The second-order valence-electron chi connectivity index (χ2n) is 6.27. The molecule has 0 aromatic carbocycles. The normalized spacial score (nSPS) is 17.5. The number of nitrogens with two attached hydrogens (primary N) is 1. The van der Waals surface area contributed by atoms with Gasteiger partial charge in [0, 0.05) is 18.0 Å². The summed E-state index contributed by atoms with van der Waals surface area (Å²) in [5.41, 5.74) is 3.85. The van der Waals surface area contributed by atoms with Gasteiger partial charge in [-0.15, -0.1) is 0 Å². The number of hydrogen-bond acceptors (Lipinski definition) is 4. The molecule has 3 rings (SSSR count). The summed E-state index contributed by atoms with van der Waals surface area (Å²) in [5, 5.41) is 6.84. The van der Waals surface area contributed by atoms with Gasteiger partial charge in [0.25, 0.3) is 0 Å². The lowest BCUT2D eigenvalue weighted by Gasteiger charge is -2.10. The minimum absolute atomic E-state index is 0.0581. The van der Waals surface area contributed by atoms with E-state index in [2.05, 4.69) is 22.3 Å². The molecule has 1 atom stereocenters. The van der Waals surface area contributed by atoms with Crippen LogP contribution in [0, 0.1) is 5.92 Å². The minimum Gasteiger partial charge on any atom is -0.383 e. The number of nitrogen functional groups attached to an aromatic ring is 1. The molecule has 0 amide bonds. The lowest BCUT2D eigenvalue weighted by molar-refractivity contribution is -0.142. The van der Waals surface area contributed by atoms with Crippen molar-refractivity contribution < 1.29 is 26.3 Å². The first-order chi connectivity index (χ1) is 12.5. The van der Waals surface area contributed by atoms with Gasteiger partial charge in [-0.2, -0.15) is 31.4 Å². The number of rotatable bonds is 2. The molecule has 3 N–H and O–H groups in total. The SMILES string of the molecule is CC1CCNC1.Nc1ncc(-c2ccn(CC(F)(F)F)n2)cc1C(F)(F)F. The first-order valence-corrected chi connectivity index (χ1v) is 8.09. The fraction of sp³-hybridized carbons (Fsp3) is 0.500. The van der Waals surface area contributed by atoms with Crippen LogP contribution in [-0.2, 0) is 12.7 Å². The summed E-state index contributed by atoms with van der Waals surface area (Å²) in [5.74, 6) is 0.228. The molecule has 0 saturated carbocycles. The third-order valence-electron chi connectivity index (χ3n) is 3.81. The van der Waals surface area contributed by atoms with Crippen molar-refractivity contribution in [3.05, 3.63) is 30.1 Å². The van der Waals surface area contributed by atoms with E-state index in [0.29, 0.717) is 10.7 Å². The Morgan fingerprint density at radius 3 is 2.44 bits per heavy atom. The molecule has 2 aromatic rings. The molecule has 0 bridgehead atoms. The van der Waals surface area contributed by atoms with Crippen molar-refractivity contribution in [1.82, 2.24) is 20.1 Å². The molecule has 27 heavy (non-hydrogen) atoms. The third-order valence-corrected chi connectivity index (χ3v) is 3.81. The maximum atomic E-state index is 12.7. The van der Waals surface area contributed by atoms with Gasteiger partial charge in [0.1, 0.15) is 12.4 Å². The molecule has 2 aromatic heterocycles. The highest BCUT2D eigenvalue weighted by atomic mass is 19.4. The van der Waals surface area contributed by atoms with Crippen LogP contribution in [0.25, 0.3) is 11.3 Å². The molecule has 0 spiro atoms. The zero-order chi connectivity index (χ0) is 20.2. The minimum atomic E-state index is -4.71. The zero-order valence-corrected chi connectivity index (χ0v) is 14.4. The molecule has 150 valence electrons. The van der Waals surface area contributed by atoms with E-state index in [1.54, 1.807) is 0 Å². The van der Waals surface area contributed by atoms with Gasteiger partial charge in [-0.1, -0.05) is 6.92 Å². The number of anilines is 1. The Labute approximate surface area is 151 Å². The number of nitrogens with one attached hydrogen (secondary N) is 1. The highest BCUT2D eigenvalue weighted by molar-refractivity contribution is 5.61. The molecule has 1 saturated heterocycles. The number of alkyl halides is 6. The second-order valence-corrected chi connectivity index (χ2v) is 6.27. The Balaban J connectivity index is 0.000000369. The van der Waals surface area contributed by atoms with E-state index < -0.39 is 30.3 Å². The van der Waals surface area contributed by atoms with Crippen molar-refractivity contribution in [2.45, 2.75) is 32.2 Å². The van der Waals surface area contributed by atoms with Crippen molar-refractivity contribution in [3.63, 3.8) is 0 Å². The Morgan fingerprint density at radius 1 is 1.26 bits per heavy atom. The monoisotopic (exact) mass is 395 g/mol. The van der Waals surface area contributed by atoms with Crippen LogP contribution < -0.4 is 11.1 Å². The van der Waals surface area contributed by atoms with Crippen LogP contribution >= 0.6 is 0 Å². The summed E-state index contributed by atoms with van der Waals surface area (Å²) in [6.45, 7) is 3.42. The van der Waals surface area contributed by atoms with E-state index in [4.69, 9.17) is 5.73 Å². The number of halogens is 6. The highest BCUT2D eigenvalue weighted by Crippen LogP contribution is 2.34. The van der Waals surface area contributed by atoms with E-state index in [1.165, 1.54) is 25.6 Å². The van der Waals surface area contributed by atoms with Gasteiger partial charge in [0.15, 0.2) is 0 Å². The predicted molar refractivity (Wildman–Crippen MR) is 87.6 cm³/mol. The molecule has 1 unspecified atom stereocenters. The van der Waals surface area contributed by atoms with Crippen molar-refractivity contribution in [2.24, 2.45) is 5.92 Å². The zero-order valence-electron chi connectivity index (χ0n) is 14.4. The summed E-state index contributed by atoms with van der Waals surface area (Å²) >= 11 is 0. The molecule has 1 fully saturated rings. The van der Waals surface area contributed by atoms with E-state index in [-0.39, 0.29) is 11.3 Å². The predicted octanol–water partition coefficient (Wildman–Crippen LogP) is 3.72. The molecule has 3 heterocycles. The number of hydrogen-bond donors (Lipinski definition) is 2. The topological polar surface area (TPSA) is 68.8 Å². The Morgan fingerprint density at radius 2 is 1.96 bits per heavy atom. The van der Waals surface area contributed by atoms with E-state index in [1.807, 2.05) is 0 Å². The van der Waals surface area contributed by atoms with Gasteiger partial charge in [0.05, 0.1) is 11.3 Å². The van der Waals surface area contributed by atoms with Crippen molar-refractivity contribution in [3.8, 4) is 11.3 Å². The van der Waals surface area contributed by atoms with E-state index in [0.717, 1.165) is 18.3 Å². The van der Waals surface area contributed by atoms with E-state index in [9.17, 15) is 26.3 Å². The molecular weight excluding hydrogens is 376 g/mol. The van der Waals surface area contributed by atoms with Gasteiger partial charge in [0.2, 0.25) is 0 Å². The van der Waals surface area contributed by atoms with Crippen LogP contribution in [-0.4, -0.2) is 34.0 Å². The summed E-state index contributed by atoms with van der Waals surface area (Å²) in [6.07, 6.45) is -5.77. The summed E-state index contributed by atoms with van der Waals surface area (Å²) < 4.78 is 75.2. The van der Waals surface area contributed by atoms with Crippen LogP contribution in [0.3, 0.4) is 0 Å². The van der Waals surface area contributed by atoms with Crippen LogP contribution in [0.2, 0.25) is 0 Å². The summed E-state index contributed by atoms with van der Waals surface area (Å²) in [6, 6.07) is 1.86. The van der Waals surface area contributed by atoms with Crippen LogP contribution in [0.5, 0.6) is 0 Å². The first kappa shape index (κ1) is 21.0. The van der Waals surface area contributed by atoms with Gasteiger partial charge in [-0.05, 0) is 37.6 Å². The van der Waals surface area contributed by atoms with Crippen molar-refractivity contribution in [2.75, 3.05) is 18.8 Å². The quantitative estimate of drug-likeness (QED) is 0.761. The molecular formula is C16H19F6N5. The van der Waals surface area contributed by atoms with Gasteiger partial charge >= 0.3 is 12.4 Å². The molecule has 5 nitrogen and oxygen atoms in total. The van der Waals surface area contributed by atoms with Crippen LogP contribution in [0.4, 0.5) is 32.2 Å². The number of pyridine rings is 1. The summed E-state index contributed by atoms with van der Waals surface area (Å²) in [7, 11) is 0. The molecule has 1 aliphatic heterocycles. The molecule has 11 heteroatoms. The van der Waals surface area contributed by atoms with E-state index >= 15 is 0 Å². The molecule has 0 radical (unpaired) electrons. The average molecular weight is 395 g/mol. The fourth-order valence-electron chi connectivity index (χ4n) is 2.43. The maximum Gasteiger partial charge on any atom is 0.419 e. The van der Waals surface area contributed by atoms with Crippen molar-refractivity contribution in [1.29, 1.82) is 0 Å². The Kier molecular flexibility index (Phi) is 6.34. The molecule has 1 aliphatic rings. The van der Waals surface area contributed by atoms with Gasteiger partial charge in [-0.25, -0.2) is 4.98 Å². The maximum absolute atomic E-state index is 12.7. The van der Waals surface area contributed by atoms with Crippen molar-refractivity contribution >= 4 is 5.82 Å². The average Bonchev–Trinajstić information content (AvgIpc) is 3.17. The smallest absolute Gasteiger partial charge is 0.383 e. The third kappa shape index (κ3) is 6.42. The van der Waals surface area contributed by atoms with Gasteiger partial charge < -0.3 is 11.1 Å². The lowest BCUT2D eigenvalue weighted by Crippen LogP contribution is -2.18. The van der Waals surface area contributed by atoms with Gasteiger partial charge in [-0.3, -0.25) is 4.68 Å². The number of nitrogens with zero attached hydrogens (tertiary/aromatic N) is 3.